The molecule has 2 amide bonds. The summed E-state index contributed by atoms with van der Waals surface area (Å²) in [6.07, 6.45) is 5.68. The number of amides is 2. The summed E-state index contributed by atoms with van der Waals surface area (Å²) in [5.74, 6) is 5.35. The minimum atomic E-state index is -0.605. The van der Waals surface area contributed by atoms with Crippen LogP contribution in [0.3, 0.4) is 0 Å². The van der Waals surface area contributed by atoms with Crippen molar-refractivity contribution in [3.8, 4) is 23.1 Å². The van der Waals surface area contributed by atoms with Crippen LogP contribution >= 0.6 is 0 Å². The summed E-state index contributed by atoms with van der Waals surface area (Å²) in [5, 5.41) is 0. The van der Waals surface area contributed by atoms with Crippen molar-refractivity contribution in [2.24, 2.45) is 11.7 Å². The van der Waals surface area contributed by atoms with Gasteiger partial charge in [0, 0.05) is 43.3 Å². The van der Waals surface area contributed by atoms with Crippen LogP contribution in [0.2, 0.25) is 0 Å². The lowest BCUT2D eigenvalue weighted by atomic mass is 10.1. The van der Waals surface area contributed by atoms with E-state index in [1.807, 2.05) is 24.3 Å². The molecule has 0 radical (unpaired) electrons. The zero-order valence-electron chi connectivity index (χ0n) is 14.7. The number of aromatic nitrogens is 3. The van der Waals surface area contributed by atoms with Crippen molar-refractivity contribution in [3.63, 3.8) is 0 Å². The number of rotatable bonds is 2. The molecule has 0 saturated carbocycles. The van der Waals surface area contributed by atoms with E-state index in [0.717, 1.165) is 24.1 Å². The normalized spacial score (nSPS) is 16.4. The van der Waals surface area contributed by atoms with E-state index >= 15 is 0 Å². The van der Waals surface area contributed by atoms with E-state index in [1.54, 1.807) is 34.9 Å². The summed E-state index contributed by atoms with van der Waals surface area (Å²) < 4.78 is 1.72. The summed E-state index contributed by atoms with van der Waals surface area (Å²) in [5.41, 5.74) is 8.28. The topological polar surface area (TPSA) is 93.6 Å². The lowest BCUT2D eigenvalue weighted by Crippen LogP contribution is -2.21. The first kappa shape index (κ1) is 16.8. The molecule has 3 aromatic rings. The third-order valence-corrected chi connectivity index (χ3v) is 4.58. The maximum Gasteiger partial charge on any atom is 0.268 e. The number of nitrogens with two attached hydrogens (primary N) is 1. The number of carbonyl (C=O) groups is 2. The monoisotopic (exact) mass is 359 g/mol. The van der Waals surface area contributed by atoms with Crippen LogP contribution in [0.5, 0.6) is 0 Å². The molecule has 1 aliphatic rings. The number of hydrogen-bond donors (Lipinski definition) is 1. The number of fused-ring (bicyclic) bond motifs is 1. The Balaban J connectivity index is 1.74. The van der Waals surface area contributed by atoms with Gasteiger partial charge >= 0.3 is 0 Å². The molecule has 1 atom stereocenters. The number of carbonyl (C=O) groups excluding carboxylic acids is 2. The molecular weight excluding hydrogens is 342 g/mol. The molecule has 134 valence electrons. The third kappa shape index (κ3) is 3.13. The second-order valence-electron chi connectivity index (χ2n) is 6.45. The molecule has 27 heavy (non-hydrogen) atoms. The summed E-state index contributed by atoms with van der Waals surface area (Å²) in [6, 6.07) is 7.49. The fourth-order valence-corrected chi connectivity index (χ4v) is 3.12. The average Bonchev–Trinajstić information content (AvgIpc) is 3.27. The van der Waals surface area contributed by atoms with Crippen LogP contribution in [0.1, 0.15) is 22.5 Å². The molecule has 4 rings (SSSR count). The molecule has 1 aliphatic heterocycles. The van der Waals surface area contributed by atoms with Gasteiger partial charge in [0.25, 0.3) is 5.91 Å². The van der Waals surface area contributed by atoms with Gasteiger partial charge in [0.05, 0.1) is 0 Å². The lowest BCUT2D eigenvalue weighted by molar-refractivity contribution is -0.128. The Hall–Kier alpha value is -3.66. The van der Waals surface area contributed by atoms with Gasteiger partial charge in [-0.05, 0) is 18.6 Å². The largest absolute Gasteiger partial charge is 0.364 e. The van der Waals surface area contributed by atoms with E-state index in [4.69, 9.17) is 5.73 Å². The van der Waals surface area contributed by atoms with Crippen molar-refractivity contribution < 1.29 is 9.59 Å². The molecule has 3 heterocycles. The maximum atomic E-state index is 12.0. The van der Waals surface area contributed by atoms with Crippen molar-refractivity contribution in [3.05, 3.63) is 54.1 Å². The van der Waals surface area contributed by atoms with Crippen molar-refractivity contribution in [1.82, 2.24) is 19.3 Å². The van der Waals surface area contributed by atoms with Gasteiger partial charge in [0.1, 0.15) is 17.3 Å². The van der Waals surface area contributed by atoms with E-state index in [-0.39, 0.29) is 17.5 Å². The van der Waals surface area contributed by atoms with E-state index in [1.165, 1.54) is 0 Å². The zero-order chi connectivity index (χ0) is 19.0. The van der Waals surface area contributed by atoms with Gasteiger partial charge in [0.15, 0.2) is 5.65 Å². The van der Waals surface area contributed by atoms with E-state index < -0.39 is 5.91 Å². The summed E-state index contributed by atoms with van der Waals surface area (Å²) in [7, 11) is 1.79. The van der Waals surface area contributed by atoms with Crippen LogP contribution in [0.4, 0.5) is 0 Å². The molecule has 0 aliphatic carbocycles. The fourth-order valence-electron chi connectivity index (χ4n) is 3.12. The predicted octanol–water partition coefficient (Wildman–Crippen LogP) is 1.32. The summed E-state index contributed by atoms with van der Waals surface area (Å²) >= 11 is 0. The van der Waals surface area contributed by atoms with Crippen molar-refractivity contribution in [2.75, 3.05) is 13.6 Å². The lowest BCUT2D eigenvalue weighted by Gasteiger charge is -2.06. The zero-order valence-corrected chi connectivity index (χ0v) is 14.7. The minimum Gasteiger partial charge on any atom is -0.364 e. The molecule has 1 saturated heterocycles. The minimum absolute atomic E-state index is 0.0635. The Kier molecular flexibility index (Phi) is 4.09. The fraction of sp³-hybridized carbons (Fsp3) is 0.200. The SMILES string of the molecule is CN1CCC(C#Cc2cccc(-c3nc(C(N)=O)cn4ccnc34)c2)C1=O. The highest BCUT2D eigenvalue weighted by molar-refractivity contribution is 5.92. The van der Waals surface area contributed by atoms with Gasteiger partial charge in [-0.15, -0.1) is 0 Å². The van der Waals surface area contributed by atoms with Crippen LogP contribution in [0.15, 0.2) is 42.9 Å². The average molecular weight is 359 g/mol. The van der Waals surface area contributed by atoms with E-state index in [2.05, 4.69) is 21.8 Å². The molecule has 0 spiro atoms. The quantitative estimate of drug-likeness (QED) is 0.699. The number of hydrogen-bond acceptors (Lipinski definition) is 4. The van der Waals surface area contributed by atoms with Crippen LogP contribution in [0, 0.1) is 17.8 Å². The summed E-state index contributed by atoms with van der Waals surface area (Å²) in [6.45, 7) is 0.736. The van der Waals surface area contributed by atoms with Crippen LogP contribution in [0.25, 0.3) is 16.9 Å². The highest BCUT2D eigenvalue weighted by atomic mass is 16.2. The number of nitrogens with zero attached hydrogens (tertiary/aromatic N) is 4. The smallest absolute Gasteiger partial charge is 0.268 e. The van der Waals surface area contributed by atoms with Gasteiger partial charge in [0.2, 0.25) is 5.91 Å². The van der Waals surface area contributed by atoms with Gasteiger partial charge in [-0.3, -0.25) is 9.59 Å². The molecule has 2 aromatic heterocycles. The number of primary amides is 1. The standard InChI is InChI=1S/C20H17N5O2/c1-24-9-7-14(20(24)27)6-5-13-3-2-4-15(11-13)17-19-22-8-10-25(19)12-16(23-17)18(21)26/h2-4,8,10-12,14H,7,9H2,1H3,(H2,21,26). The van der Waals surface area contributed by atoms with Gasteiger partial charge in [-0.25, -0.2) is 9.97 Å². The Morgan fingerprint density at radius 2 is 2.22 bits per heavy atom. The molecule has 7 nitrogen and oxygen atoms in total. The number of imidazole rings is 1. The second-order valence-corrected chi connectivity index (χ2v) is 6.45. The second kappa shape index (κ2) is 6.57. The van der Waals surface area contributed by atoms with Gasteiger partial charge < -0.3 is 15.0 Å². The highest BCUT2D eigenvalue weighted by Gasteiger charge is 2.27. The van der Waals surface area contributed by atoms with Crippen molar-refractivity contribution in [2.45, 2.75) is 6.42 Å². The molecule has 0 bridgehead atoms. The Morgan fingerprint density at radius 1 is 1.37 bits per heavy atom. The first-order chi connectivity index (χ1) is 13.0. The number of benzene rings is 1. The van der Waals surface area contributed by atoms with Crippen LogP contribution in [-0.4, -0.2) is 44.7 Å². The van der Waals surface area contributed by atoms with Gasteiger partial charge in [-0.1, -0.05) is 24.0 Å². The Labute approximate surface area is 155 Å². The summed E-state index contributed by atoms with van der Waals surface area (Å²) in [4.78, 5) is 34.0. The predicted molar refractivity (Wildman–Crippen MR) is 99.6 cm³/mol. The highest BCUT2D eigenvalue weighted by Crippen LogP contribution is 2.23. The number of likely N-dealkylation sites (tertiary alicyclic amines) is 1. The first-order valence-electron chi connectivity index (χ1n) is 8.53. The molecular formula is C20H17N5O2. The Morgan fingerprint density at radius 3 is 2.96 bits per heavy atom. The van der Waals surface area contributed by atoms with Crippen molar-refractivity contribution >= 4 is 17.5 Å². The molecule has 1 fully saturated rings. The van der Waals surface area contributed by atoms with Crippen molar-refractivity contribution in [1.29, 1.82) is 0 Å². The molecule has 2 N–H and O–H groups in total. The van der Waals surface area contributed by atoms with Crippen LogP contribution < -0.4 is 5.73 Å². The Bertz CT molecular complexity index is 1120. The molecule has 1 aromatic carbocycles. The maximum absolute atomic E-state index is 12.0. The van der Waals surface area contributed by atoms with Crippen LogP contribution in [-0.2, 0) is 4.79 Å². The van der Waals surface area contributed by atoms with E-state index in [0.29, 0.717) is 11.3 Å². The third-order valence-electron chi connectivity index (χ3n) is 4.58. The molecule has 7 heteroatoms. The van der Waals surface area contributed by atoms with Gasteiger partial charge in [-0.2, -0.15) is 0 Å². The first-order valence-corrected chi connectivity index (χ1v) is 8.53. The molecule has 1 unspecified atom stereocenters. The van der Waals surface area contributed by atoms with E-state index in [9.17, 15) is 9.59 Å².